The fraction of sp³-hybridized carbons (Fsp3) is 0.125. The maximum Gasteiger partial charge on any atom is 0.337 e. The molecule has 2 aromatic carbocycles. The van der Waals surface area contributed by atoms with Crippen LogP contribution in [0.1, 0.15) is 21.7 Å². The minimum Gasteiger partial charge on any atom is -0.478 e. The summed E-state index contributed by atoms with van der Waals surface area (Å²) in [6.07, 6.45) is 0. The van der Waals surface area contributed by atoms with Gasteiger partial charge in [0.05, 0.1) is 11.1 Å². The van der Waals surface area contributed by atoms with Gasteiger partial charge in [0, 0.05) is 11.6 Å². The van der Waals surface area contributed by atoms with Gasteiger partial charge in [0.15, 0.2) is 0 Å². The maximum atomic E-state index is 11.3. The average molecular weight is 301 g/mol. The second-order valence-corrected chi connectivity index (χ2v) is 5.29. The van der Waals surface area contributed by atoms with E-state index in [9.17, 15) is 9.90 Å². The minimum absolute atomic E-state index is 0.227. The van der Waals surface area contributed by atoms with Gasteiger partial charge in [-0.1, -0.05) is 29.8 Å². The summed E-state index contributed by atoms with van der Waals surface area (Å²) < 4.78 is 2.00. The largest absolute Gasteiger partial charge is 0.478 e. The molecule has 21 heavy (non-hydrogen) atoms. The Morgan fingerprint density at radius 1 is 1.24 bits per heavy atom. The van der Waals surface area contributed by atoms with Crippen molar-refractivity contribution in [3.8, 4) is 0 Å². The van der Waals surface area contributed by atoms with Gasteiger partial charge in [-0.05, 0) is 36.8 Å². The fourth-order valence-corrected chi connectivity index (χ4v) is 2.53. The number of nitrogens with zero attached hydrogens (tertiary/aromatic N) is 2. The molecule has 0 bridgehead atoms. The van der Waals surface area contributed by atoms with Crippen molar-refractivity contribution in [1.82, 2.24) is 9.55 Å². The zero-order valence-electron chi connectivity index (χ0n) is 11.4. The van der Waals surface area contributed by atoms with E-state index in [-0.39, 0.29) is 5.56 Å². The van der Waals surface area contributed by atoms with E-state index in [1.54, 1.807) is 12.1 Å². The number of benzene rings is 2. The number of carbonyl (C=O) groups is 1. The Bertz CT molecular complexity index is 822. The van der Waals surface area contributed by atoms with Crippen LogP contribution in [0.3, 0.4) is 0 Å². The number of para-hydroxylation sites is 1. The van der Waals surface area contributed by atoms with Crippen LogP contribution >= 0.6 is 11.6 Å². The lowest BCUT2D eigenvalue weighted by Crippen LogP contribution is -2.02. The van der Waals surface area contributed by atoms with Crippen molar-refractivity contribution >= 4 is 28.6 Å². The van der Waals surface area contributed by atoms with E-state index in [1.165, 1.54) is 0 Å². The van der Waals surface area contributed by atoms with Crippen molar-refractivity contribution in [2.75, 3.05) is 0 Å². The van der Waals surface area contributed by atoms with Gasteiger partial charge in [-0.25, -0.2) is 9.78 Å². The first-order valence-electron chi connectivity index (χ1n) is 6.50. The Morgan fingerprint density at radius 3 is 2.62 bits per heavy atom. The van der Waals surface area contributed by atoms with Crippen LogP contribution in [0.15, 0.2) is 42.5 Å². The molecule has 1 aromatic heterocycles. The summed E-state index contributed by atoms with van der Waals surface area (Å²) in [6.45, 7) is 2.50. The summed E-state index contributed by atoms with van der Waals surface area (Å²) in [5.74, 6) is -0.176. The third kappa shape index (κ3) is 2.50. The summed E-state index contributed by atoms with van der Waals surface area (Å²) in [5.41, 5.74) is 2.66. The van der Waals surface area contributed by atoms with Crippen LogP contribution in [0.25, 0.3) is 11.0 Å². The fourth-order valence-electron chi connectivity index (χ4n) is 2.41. The minimum atomic E-state index is -0.961. The Hall–Kier alpha value is -2.33. The number of imidazole rings is 1. The number of aryl methyl sites for hydroxylation is 1. The van der Waals surface area contributed by atoms with Crippen LogP contribution in [0, 0.1) is 6.92 Å². The lowest BCUT2D eigenvalue weighted by Gasteiger charge is -2.07. The molecule has 0 atom stereocenters. The third-order valence-electron chi connectivity index (χ3n) is 3.45. The van der Waals surface area contributed by atoms with E-state index in [2.05, 4.69) is 4.98 Å². The summed E-state index contributed by atoms with van der Waals surface area (Å²) in [4.78, 5) is 15.7. The predicted molar refractivity (Wildman–Crippen MR) is 82.0 cm³/mol. The van der Waals surface area contributed by atoms with Gasteiger partial charge in [0.25, 0.3) is 0 Å². The smallest absolute Gasteiger partial charge is 0.337 e. The second kappa shape index (κ2) is 5.22. The van der Waals surface area contributed by atoms with Gasteiger partial charge in [0.2, 0.25) is 0 Å². The average Bonchev–Trinajstić information content (AvgIpc) is 2.77. The SMILES string of the molecule is Cc1nc2c(C(=O)O)cccc2n1Cc1ccc(Cl)cc1. The van der Waals surface area contributed by atoms with Crippen LogP contribution in [-0.4, -0.2) is 20.6 Å². The molecule has 0 saturated heterocycles. The molecule has 0 aliphatic rings. The molecule has 0 saturated carbocycles. The van der Waals surface area contributed by atoms with Crippen molar-refractivity contribution < 1.29 is 9.90 Å². The van der Waals surface area contributed by atoms with E-state index in [0.717, 1.165) is 16.9 Å². The quantitative estimate of drug-likeness (QED) is 0.801. The molecule has 0 unspecified atom stereocenters. The predicted octanol–water partition coefficient (Wildman–Crippen LogP) is 3.74. The molecule has 0 fully saturated rings. The molecule has 106 valence electrons. The van der Waals surface area contributed by atoms with E-state index in [4.69, 9.17) is 11.6 Å². The number of halogens is 1. The van der Waals surface area contributed by atoms with E-state index in [1.807, 2.05) is 41.8 Å². The van der Waals surface area contributed by atoms with Crippen LogP contribution in [0.5, 0.6) is 0 Å². The van der Waals surface area contributed by atoms with E-state index < -0.39 is 5.97 Å². The zero-order valence-corrected chi connectivity index (χ0v) is 12.1. The van der Waals surface area contributed by atoms with Gasteiger partial charge >= 0.3 is 5.97 Å². The van der Waals surface area contributed by atoms with E-state index >= 15 is 0 Å². The van der Waals surface area contributed by atoms with Crippen LogP contribution in [0.4, 0.5) is 0 Å². The van der Waals surface area contributed by atoms with Gasteiger partial charge in [-0.15, -0.1) is 0 Å². The standard InChI is InChI=1S/C16H13ClN2O2/c1-10-18-15-13(16(20)21)3-2-4-14(15)19(10)9-11-5-7-12(17)8-6-11/h2-8H,9H2,1H3,(H,20,21). The lowest BCUT2D eigenvalue weighted by molar-refractivity contribution is 0.0699. The molecular formula is C16H13ClN2O2. The summed E-state index contributed by atoms with van der Waals surface area (Å²) >= 11 is 5.89. The summed E-state index contributed by atoms with van der Waals surface area (Å²) in [5, 5.41) is 9.93. The molecule has 0 radical (unpaired) electrons. The Kier molecular flexibility index (Phi) is 3.39. The first-order chi connectivity index (χ1) is 10.1. The van der Waals surface area contributed by atoms with Crippen molar-refractivity contribution in [2.45, 2.75) is 13.5 Å². The third-order valence-corrected chi connectivity index (χ3v) is 3.71. The van der Waals surface area contributed by atoms with Crippen molar-refractivity contribution in [3.05, 3.63) is 64.4 Å². The molecule has 0 aliphatic heterocycles. The molecule has 4 nitrogen and oxygen atoms in total. The number of fused-ring (bicyclic) bond motifs is 1. The molecule has 0 amide bonds. The Balaban J connectivity index is 2.10. The highest BCUT2D eigenvalue weighted by Gasteiger charge is 2.14. The number of rotatable bonds is 3. The molecule has 1 N–H and O–H groups in total. The molecule has 1 heterocycles. The normalized spacial score (nSPS) is 11.0. The van der Waals surface area contributed by atoms with Crippen LogP contribution < -0.4 is 0 Å². The Labute approximate surface area is 126 Å². The zero-order chi connectivity index (χ0) is 15.0. The van der Waals surface area contributed by atoms with Gasteiger partial charge in [-0.3, -0.25) is 0 Å². The van der Waals surface area contributed by atoms with Crippen molar-refractivity contribution in [3.63, 3.8) is 0 Å². The Morgan fingerprint density at radius 2 is 1.95 bits per heavy atom. The number of hydrogen-bond acceptors (Lipinski definition) is 2. The van der Waals surface area contributed by atoms with Gasteiger partial charge in [-0.2, -0.15) is 0 Å². The molecule has 0 spiro atoms. The maximum absolute atomic E-state index is 11.3. The first-order valence-corrected chi connectivity index (χ1v) is 6.87. The van der Waals surface area contributed by atoms with Gasteiger partial charge < -0.3 is 9.67 Å². The second-order valence-electron chi connectivity index (χ2n) is 4.85. The topological polar surface area (TPSA) is 55.1 Å². The molecule has 3 aromatic rings. The monoisotopic (exact) mass is 300 g/mol. The van der Waals surface area contributed by atoms with Crippen LogP contribution in [0.2, 0.25) is 5.02 Å². The molecule has 5 heteroatoms. The lowest BCUT2D eigenvalue weighted by atomic mass is 10.2. The number of carboxylic acid groups (broad SMARTS) is 1. The summed E-state index contributed by atoms with van der Waals surface area (Å²) in [6, 6.07) is 12.8. The highest BCUT2D eigenvalue weighted by molar-refractivity contribution is 6.30. The van der Waals surface area contributed by atoms with Crippen molar-refractivity contribution in [2.24, 2.45) is 0 Å². The first kappa shape index (κ1) is 13.6. The molecular weight excluding hydrogens is 288 g/mol. The number of hydrogen-bond donors (Lipinski definition) is 1. The van der Waals surface area contributed by atoms with Gasteiger partial charge in [0.1, 0.15) is 11.3 Å². The van der Waals surface area contributed by atoms with Crippen LogP contribution in [-0.2, 0) is 6.54 Å². The highest BCUT2D eigenvalue weighted by atomic mass is 35.5. The number of aromatic nitrogens is 2. The molecule has 0 aliphatic carbocycles. The van der Waals surface area contributed by atoms with Crippen molar-refractivity contribution in [1.29, 1.82) is 0 Å². The summed E-state index contributed by atoms with van der Waals surface area (Å²) in [7, 11) is 0. The number of carboxylic acids is 1. The molecule has 3 rings (SSSR count). The van der Waals surface area contributed by atoms with E-state index in [0.29, 0.717) is 17.1 Å². The number of aromatic carboxylic acids is 1. The highest BCUT2D eigenvalue weighted by Crippen LogP contribution is 2.21.